The van der Waals surface area contributed by atoms with Gasteiger partial charge in [0.1, 0.15) is 6.61 Å². The lowest BCUT2D eigenvalue weighted by molar-refractivity contribution is -0.144. The molecule has 2 N–H and O–H groups in total. The van der Waals surface area contributed by atoms with Gasteiger partial charge in [-0.3, -0.25) is 19.7 Å². The van der Waals surface area contributed by atoms with Crippen molar-refractivity contribution < 1.29 is 14.3 Å². The van der Waals surface area contributed by atoms with Crippen LogP contribution < -0.4 is 10.2 Å². The molecule has 0 saturated carbocycles. The van der Waals surface area contributed by atoms with E-state index in [1.165, 1.54) is 0 Å². The van der Waals surface area contributed by atoms with Crippen LogP contribution in [0.15, 0.2) is 79.1 Å². The van der Waals surface area contributed by atoms with Gasteiger partial charge < -0.3 is 19.9 Å². The molecule has 0 bridgehead atoms. The van der Waals surface area contributed by atoms with Gasteiger partial charge in [0.25, 0.3) is 5.91 Å². The molecular weight excluding hydrogens is 492 g/mol. The van der Waals surface area contributed by atoms with Crippen LogP contribution >= 0.6 is 0 Å². The van der Waals surface area contributed by atoms with E-state index in [-0.39, 0.29) is 18.5 Å². The van der Waals surface area contributed by atoms with Gasteiger partial charge in [-0.1, -0.05) is 30.3 Å². The fourth-order valence-electron chi connectivity index (χ4n) is 4.43. The van der Waals surface area contributed by atoms with E-state index in [1.54, 1.807) is 18.5 Å². The minimum absolute atomic E-state index is 0.205. The van der Waals surface area contributed by atoms with Crippen LogP contribution in [-0.2, 0) is 22.6 Å². The zero-order valence-electron chi connectivity index (χ0n) is 22.0. The van der Waals surface area contributed by atoms with Crippen LogP contribution in [0.1, 0.15) is 27.9 Å². The highest BCUT2D eigenvalue weighted by Gasteiger charge is 2.15. The van der Waals surface area contributed by atoms with Crippen LogP contribution in [0.4, 0.5) is 11.5 Å². The van der Waals surface area contributed by atoms with Crippen LogP contribution in [-0.4, -0.2) is 65.2 Å². The molecule has 0 unspecified atom stereocenters. The van der Waals surface area contributed by atoms with Gasteiger partial charge in [-0.2, -0.15) is 5.10 Å². The van der Waals surface area contributed by atoms with Crippen LogP contribution in [0, 0.1) is 0 Å². The molecule has 2 aromatic heterocycles. The standard InChI is InChI=1S/C30H32N6O3/c1-35-15-17-36(18-16-35)26-11-9-25(10-12-26)30(38)32-28-19-27(33-34-28)24-7-4-22(5-8-24)6-13-29(37)39-21-23-3-2-14-31-20-23/h2-5,7-12,14,19-20H,6,13,15-18,21H2,1H3,(H2,32,33,34,38). The number of benzene rings is 2. The Bertz CT molecular complexity index is 1380. The molecule has 1 saturated heterocycles. The lowest BCUT2D eigenvalue weighted by atomic mass is 10.1. The fourth-order valence-corrected chi connectivity index (χ4v) is 4.43. The molecule has 1 aliphatic rings. The lowest BCUT2D eigenvalue weighted by Gasteiger charge is -2.34. The number of ether oxygens (including phenoxy) is 1. The molecule has 4 aromatic rings. The van der Waals surface area contributed by atoms with E-state index >= 15 is 0 Å². The molecule has 200 valence electrons. The van der Waals surface area contributed by atoms with Gasteiger partial charge in [0.2, 0.25) is 0 Å². The maximum atomic E-state index is 12.8. The van der Waals surface area contributed by atoms with E-state index in [4.69, 9.17) is 4.74 Å². The topological polar surface area (TPSA) is 103 Å². The molecule has 1 fully saturated rings. The van der Waals surface area contributed by atoms with Crippen molar-refractivity contribution in [2.75, 3.05) is 43.4 Å². The Labute approximate surface area is 227 Å². The van der Waals surface area contributed by atoms with Crippen molar-refractivity contribution in [3.05, 3.63) is 95.8 Å². The molecule has 0 atom stereocenters. The van der Waals surface area contributed by atoms with Crippen LogP contribution in [0.5, 0.6) is 0 Å². The Hall–Kier alpha value is -4.50. The Morgan fingerprint density at radius 2 is 1.74 bits per heavy atom. The third kappa shape index (κ3) is 7.08. The monoisotopic (exact) mass is 524 g/mol. The van der Waals surface area contributed by atoms with E-state index in [0.29, 0.717) is 24.2 Å². The number of rotatable bonds is 9. The molecule has 5 rings (SSSR count). The van der Waals surface area contributed by atoms with E-state index in [0.717, 1.165) is 54.3 Å². The molecule has 0 spiro atoms. The third-order valence-electron chi connectivity index (χ3n) is 6.82. The number of H-pyrrole nitrogens is 1. The van der Waals surface area contributed by atoms with Crippen molar-refractivity contribution in [1.29, 1.82) is 0 Å². The summed E-state index contributed by atoms with van der Waals surface area (Å²) in [5.41, 5.74) is 5.34. The first-order chi connectivity index (χ1) is 19.0. The number of likely N-dealkylation sites (N-methyl/N-ethyl adjacent to an activating group) is 1. The number of aromatic nitrogens is 3. The average Bonchev–Trinajstić information content (AvgIpc) is 3.44. The van der Waals surface area contributed by atoms with Crippen LogP contribution in [0.25, 0.3) is 11.3 Å². The van der Waals surface area contributed by atoms with Crippen molar-refractivity contribution in [3.63, 3.8) is 0 Å². The highest BCUT2D eigenvalue weighted by atomic mass is 16.5. The number of anilines is 2. The number of aromatic amines is 1. The molecule has 2 aromatic carbocycles. The van der Waals surface area contributed by atoms with E-state index < -0.39 is 0 Å². The first kappa shape index (κ1) is 26.1. The lowest BCUT2D eigenvalue weighted by Crippen LogP contribution is -2.44. The molecule has 39 heavy (non-hydrogen) atoms. The maximum Gasteiger partial charge on any atom is 0.306 e. The van der Waals surface area contributed by atoms with E-state index in [1.807, 2.05) is 60.7 Å². The van der Waals surface area contributed by atoms with Gasteiger partial charge in [-0.15, -0.1) is 0 Å². The second-order valence-electron chi connectivity index (χ2n) is 9.68. The Morgan fingerprint density at radius 3 is 2.46 bits per heavy atom. The number of amides is 1. The summed E-state index contributed by atoms with van der Waals surface area (Å²) in [5.74, 6) is 0.00757. The summed E-state index contributed by atoms with van der Waals surface area (Å²) in [5, 5.41) is 10.1. The average molecular weight is 525 g/mol. The fraction of sp³-hybridized carbons (Fsp3) is 0.267. The second kappa shape index (κ2) is 12.4. The summed E-state index contributed by atoms with van der Waals surface area (Å²) < 4.78 is 5.32. The summed E-state index contributed by atoms with van der Waals surface area (Å²) in [6, 6.07) is 21.1. The molecule has 9 nitrogen and oxygen atoms in total. The summed E-state index contributed by atoms with van der Waals surface area (Å²) in [4.78, 5) is 33.5. The number of pyridine rings is 1. The summed E-state index contributed by atoms with van der Waals surface area (Å²) in [6.45, 7) is 4.27. The molecule has 0 radical (unpaired) electrons. The van der Waals surface area contributed by atoms with Crippen molar-refractivity contribution in [2.24, 2.45) is 0 Å². The number of carbonyl (C=O) groups excluding carboxylic acids is 2. The number of nitrogens with one attached hydrogen (secondary N) is 2. The summed E-state index contributed by atoms with van der Waals surface area (Å²) >= 11 is 0. The van der Waals surface area contributed by atoms with Crippen molar-refractivity contribution >= 4 is 23.4 Å². The Kier molecular flexibility index (Phi) is 8.28. The predicted molar refractivity (Wildman–Crippen MR) is 150 cm³/mol. The number of esters is 1. The number of hydrogen-bond donors (Lipinski definition) is 2. The number of piperazine rings is 1. The smallest absolute Gasteiger partial charge is 0.306 e. The number of nitrogens with zero attached hydrogens (tertiary/aromatic N) is 4. The van der Waals surface area contributed by atoms with Crippen molar-refractivity contribution in [2.45, 2.75) is 19.4 Å². The molecule has 9 heteroatoms. The SMILES string of the molecule is CN1CCN(c2ccc(C(=O)Nc3cc(-c4ccc(CCC(=O)OCc5cccnc5)cc4)[nH]n3)cc2)CC1. The maximum absolute atomic E-state index is 12.8. The first-order valence-corrected chi connectivity index (χ1v) is 13.1. The third-order valence-corrected chi connectivity index (χ3v) is 6.82. The van der Waals surface area contributed by atoms with Crippen molar-refractivity contribution in [3.8, 4) is 11.3 Å². The highest BCUT2D eigenvalue weighted by Crippen LogP contribution is 2.22. The van der Waals surface area contributed by atoms with Gasteiger partial charge in [0.15, 0.2) is 5.82 Å². The molecule has 3 heterocycles. The van der Waals surface area contributed by atoms with Gasteiger partial charge >= 0.3 is 5.97 Å². The number of aryl methyl sites for hydroxylation is 1. The quantitative estimate of drug-likeness (QED) is 0.317. The number of hydrogen-bond acceptors (Lipinski definition) is 7. The highest BCUT2D eigenvalue weighted by molar-refractivity contribution is 6.04. The summed E-state index contributed by atoms with van der Waals surface area (Å²) in [7, 11) is 2.13. The molecular formula is C30H32N6O3. The largest absolute Gasteiger partial charge is 0.461 e. The molecule has 1 aliphatic heterocycles. The van der Waals surface area contributed by atoms with Crippen LogP contribution in [0.2, 0.25) is 0 Å². The van der Waals surface area contributed by atoms with Gasteiger partial charge in [0.05, 0.1) is 5.69 Å². The predicted octanol–water partition coefficient (Wildman–Crippen LogP) is 4.15. The number of carbonyl (C=O) groups is 2. The first-order valence-electron chi connectivity index (χ1n) is 13.1. The Morgan fingerprint density at radius 1 is 0.974 bits per heavy atom. The van der Waals surface area contributed by atoms with Crippen molar-refractivity contribution in [1.82, 2.24) is 20.1 Å². The van der Waals surface area contributed by atoms with E-state index in [2.05, 4.69) is 37.3 Å². The minimum Gasteiger partial charge on any atom is -0.461 e. The Balaban J connectivity index is 1.10. The molecule has 1 amide bonds. The second-order valence-corrected chi connectivity index (χ2v) is 9.68. The van der Waals surface area contributed by atoms with Gasteiger partial charge in [-0.25, -0.2) is 0 Å². The molecule has 0 aliphatic carbocycles. The normalized spacial score (nSPS) is 13.7. The van der Waals surface area contributed by atoms with Gasteiger partial charge in [-0.05, 0) is 54.9 Å². The summed E-state index contributed by atoms with van der Waals surface area (Å²) in [6.07, 6.45) is 4.26. The zero-order valence-corrected chi connectivity index (χ0v) is 22.0. The van der Waals surface area contributed by atoms with Crippen LogP contribution in [0.3, 0.4) is 0 Å². The minimum atomic E-state index is -0.245. The van der Waals surface area contributed by atoms with E-state index in [9.17, 15) is 9.59 Å². The zero-order chi connectivity index (χ0) is 27.0. The van der Waals surface area contributed by atoms with Gasteiger partial charge in [0, 0.05) is 67.9 Å².